The Morgan fingerprint density at radius 3 is 2.05 bits per heavy atom. The average Bonchev–Trinajstić information content (AvgIpc) is 2.92. The Morgan fingerprint density at radius 2 is 1.47 bits per heavy atom. The molecule has 1 unspecified atom stereocenters. The highest BCUT2D eigenvalue weighted by Gasteiger charge is 2.34. The van der Waals surface area contributed by atoms with Gasteiger partial charge in [0.2, 0.25) is 0 Å². The molecule has 1 rings (SSSR count). The van der Waals surface area contributed by atoms with Crippen molar-refractivity contribution in [2.45, 2.75) is 96.6 Å². The molecule has 1 heterocycles. The predicted octanol–water partition coefficient (Wildman–Crippen LogP) is 4.33. The fraction of sp³-hybridized carbons (Fsp3) is 1.00. The third-order valence-electron chi connectivity index (χ3n) is 4.95. The molecule has 0 aromatic heterocycles. The zero-order valence-electron chi connectivity index (χ0n) is 13.6. The molecule has 2 heteroatoms. The van der Waals surface area contributed by atoms with Crippen molar-refractivity contribution in [3.05, 3.63) is 0 Å². The molecule has 1 atom stereocenters. The molecule has 1 aliphatic rings. The van der Waals surface area contributed by atoms with E-state index in [2.05, 4.69) is 25.7 Å². The molecule has 2 N–H and O–H groups in total. The Morgan fingerprint density at radius 1 is 0.947 bits per heavy atom. The lowest BCUT2D eigenvalue weighted by Crippen LogP contribution is -2.55. The molecule has 1 fully saturated rings. The highest BCUT2D eigenvalue weighted by Crippen LogP contribution is 2.25. The van der Waals surface area contributed by atoms with Gasteiger partial charge in [0.25, 0.3) is 0 Å². The highest BCUT2D eigenvalue weighted by molar-refractivity contribution is 4.93. The molecule has 0 radical (unpaired) electrons. The van der Waals surface area contributed by atoms with E-state index in [9.17, 15) is 0 Å². The van der Waals surface area contributed by atoms with Gasteiger partial charge in [-0.3, -0.25) is 4.90 Å². The molecule has 0 bridgehead atoms. The zero-order chi connectivity index (χ0) is 14.1. The normalized spacial score (nSPS) is 18.9. The Hall–Kier alpha value is -0.0800. The van der Waals surface area contributed by atoms with Crippen LogP contribution in [0.5, 0.6) is 0 Å². The first kappa shape index (κ1) is 17.0. The second-order valence-electron chi connectivity index (χ2n) is 6.86. The van der Waals surface area contributed by atoms with Crippen LogP contribution < -0.4 is 5.73 Å². The molecule has 2 nitrogen and oxygen atoms in total. The van der Waals surface area contributed by atoms with E-state index in [0.29, 0.717) is 6.04 Å². The maximum atomic E-state index is 6.45. The summed E-state index contributed by atoms with van der Waals surface area (Å²) >= 11 is 0. The number of nitrogens with two attached hydrogens (primary N) is 1. The van der Waals surface area contributed by atoms with Gasteiger partial charge in [0.15, 0.2) is 0 Å². The molecular formula is C17H36N2. The van der Waals surface area contributed by atoms with Crippen molar-refractivity contribution in [2.24, 2.45) is 5.73 Å². The van der Waals surface area contributed by atoms with Crippen LogP contribution in [0.3, 0.4) is 0 Å². The van der Waals surface area contributed by atoms with E-state index in [4.69, 9.17) is 5.73 Å². The fourth-order valence-electron chi connectivity index (χ4n) is 3.20. The van der Waals surface area contributed by atoms with E-state index >= 15 is 0 Å². The van der Waals surface area contributed by atoms with Crippen molar-refractivity contribution in [3.8, 4) is 0 Å². The van der Waals surface area contributed by atoms with Crippen LogP contribution in [0.25, 0.3) is 0 Å². The lowest BCUT2D eigenvalue weighted by atomic mass is 9.89. The van der Waals surface area contributed by atoms with Gasteiger partial charge in [0.05, 0.1) is 0 Å². The van der Waals surface area contributed by atoms with Gasteiger partial charge in [-0.15, -0.1) is 0 Å². The van der Waals surface area contributed by atoms with Crippen molar-refractivity contribution in [3.63, 3.8) is 0 Å². The quantitative estimate of drug-likeness (QED) is 0.598. The van der Waals surface area contributed by atoms with Gasteiger partial charge >= 0.3 is 0 Å². The van der Waals surface area contributed by atoms with Gasteiger partial charge in [-0.25, -0.2) is 0 Å². The van der Waals surface area contributed by atoms with E-state index < -0.39 is 0 Å². The highest BCUT2D eigenvalue weighted by atomic mass is 15.2. The van der Waals surface area contributed by atoms with Crippen molar-refractivity contribution < 1.29 is 0 Å². The number of unbranched alkanes of at least 4 members (excludes halogenated alkanes) is 6. The fourth-order valence-corrected chi connectivity index (χ4v) is 3.20. The van der Waals surface area contributed by atoms with Gasteiger partial charge < -0.3 is 5.73 Å². The molecule has 1 saturated heterocycles. The van der Waals surface area contributed by atoms with Gasteiger partial charge in [-0.2, -0.15) is 0 Å². The van der Waals surface area contributed by atoms with Crippen molar-refractivity contribution in [1.82, 2.24) is 4.90 Å². The van der Waals surface area contributed by atoms with Crippen LogP contribution in [0.1, 0.15) is 85.0 Å². The second kappa shape index (κ2) is 8.97. The summed E-state index contributed by atoms with van der Waals surface area (Å²) in [5.41, 5.74) is 6.65. The van der Waals surface area contributed by atoms with Gasteiger partial charge in [0, 0.05) is 11.6 Å². The Labute approximate surface area is 121 Å². The van der Waals surface area contributed by atoms with Crippen LogP contribution in [0, 0.1) is 0 Å². The molecule has 0 spiro atoms. The van der Waals surface area contributed by atoms with Crippen LogP contribution in [0.2, 0.25) is 0 Å². The van der Waals surface area contributed by atoms with E-state index in [1.165, 1.54) is 77.3 Å². The van der Waals surface area contributed by atoms with E-state index in [1.54, 1.807) is 0 Å². The summed E-state index contributed by atoms with van der Waals surface area (Å²) in [6.07, 6.45) is 13.6. The summed E-state index contributed by atoms with van der Waals surface area (Å²) < 4.78 is 0. The first-order valence-electron chi connectivity index (χ1n) is 8.59. The lowest BCUT2D eigenvalue weighted by Gasteiger charge is -2.40. The molecule has 1 aliphatic heterocycles. The Bertz CT molecular complexity index is 219. The minimum atomic E-state index is 0.193. The van der Waals surface area contributed by atoms with Crippen molar-refractivity contribution in [2.75, 3.05) is 13.1 Å². The Kier molecular flexibility index (Phi) is 8.01. The topological polar surface area (TPSA) is 29.3 Å². The van der Waals surface area contributed by atoms with E-state index in [1.807, 2.05) is 0 Å². The molecule has 0 aromatic carbocycles. The first-order chi connectivity index (χ1) is 9.09. The zero-order valence-corrected chi connectivity index (χ0v) is 13.6. The number of rotatable bonds is 10. The van der Waals surface area contributed by atoms with Crippen LogP contribution in [0.4, 0.5) is 0 Å². The van der Waals surface area contributed by atoms with Crippen LogP contribution in [0.15, 0.2) is 0 Å². The third kappa shape index (κ3) is 5.83. The van der Waals surface area contributed by atoms with Crippen LogP contribution in [-0.2, 0) is 0 Å². The number of likely N-dealkylation sites (tertiary alicyclic amines) is 1. The molecule has 0 saturated carbocycles. The van der Waals surface area contributed by atoms with Gasteiger partial charge in [0.1, 0.15) is 0 Å². The monoisotopic (exact) mass is 268 g/mol. The minimum absolute atomic E-state index is 0.193. The molecule has 0 amide bonds. The number of hydrogen-bond acceptors (Lipinski definition) is 2. The number of nitrogens with zero attached hydrogens (tertiary/aromatic N) is 1. The second-order valence-corrected chi connectivity index (χ2v) is 6.86. The average molecular weight is 268 g/mol. The SMILES string of the molecule is CCCCCCCCCC(N)C(C)(C)N1CCCC1. The molecule has 0 aromatic rings. The molecule has 19 heavy (non-hydrogen) atoms. The largest absolute Gasteiger partial charge is 0.326 e. The van der Waals surface area contributed by atoms with E-state index in [0.717, 1.165) is 0 Å². The van der Waals surface area contributed by atoms with Gasteiger partial charge in [-0.05, 0) is 46.2 Å². The first-order valence-corrected chi connectivity index (χ1v) is 8.59. The summed E-state index contributed by atoms with van der Waals surface area (Å²) in [5.74, 6) is 0. The molecule has 0 aliphatic carbocycles. The molecule has 114 valence electrons. The van der Waals surface area contributed by atoms with Crippen molar-refractivity contribution >= 4 is 0 Å². The standard InChI is InChI=1S/C17H36N2/c1-4-5-6-7-8-9-10-13-16(18)17(2,3)19-14-11-12-15-19/h16H,4-15,18H2,1-3H3. The maximum Gasteiger partial charge on any atom is 0.0304 e. The summed E-state index contributed by atoms with van der Waals surface area (Å²) in [7, 11) is 0. The summed E-state index contributed by atoms with van der Waals surface area (Å²) in [6, 6.07) is 0.334. The lowest BCUT2D eigenvalue weighted by molar-refractivity contribution is 0.118. The third-order valence-corrected chi connectivity index (χ3v) is 4.95. The summed E-state index contributed by atoms with van der Waals surface area (Å²) in [5, 5.41) is 0. The van der Waals surface area contributed by atoms with E-state index in [-0.39, 0.29) is 5.54 Å². The van der Waals surface area contributed by atoms with Crippen LogP contribution in [-0.4, -0.2) is 29.6 Å². The maximum absolute atomic E-state index is 6.45. The van der Waals surface area contributed by atoms with Crippen LogP contribution >= 0.6 is 0 Å². The van der Waals surface area contributed by atoms with Gasteiger partial charge in [-0.1, -0.05) is 51.9 Å². The van der Waals surface area contributed by atoms with Crippen molar-refractivity contribution in [1.29, 1.82) is 0 Å². The Balaban J connectivity index is 2.10. The number of hydrogen-bond donors (Lipinski definition) is 1. The minimum Gasteiger partial charge on any atom is -0.326 e. The predicted molar refractivity (Wildman–Crippen MR) is 85.5 cm³/mol. The summed E-state index contributed by atoms with van der Waals surface area (Å²) in [4.78, 5) is 2.60. The summed E-state index contributed by atoms with van der Waals surface area (Å²) in [6.45, 7) is 9.45. The molecular weight excluding hydrogens is 232 g/mol. The smallest absolute Gasteiger partial charge is 0.0304 e.